The molecule has 0 fully saturated rings. The molecule has 0 rings (SSSR count). The molecular formula is C17H28N8O8. The van der Waals surface area contributed by atoms with E-state index in [0.29, 0.717) is 0 Å². The Labute approximate surface area is 188 Å². The van der Waals surface area contributed by atoms with E-state index in [2.05, 4.69) is 31.9 Å². The summed E-state index contributed by atoms with van der Waals surface area (Å²) in [4.78, 5) is 91.9. The average molecular weight is 472 g/mol. The Bertz CT molecular complexity index is 800. The van der Waals surface area contributed by atoms with E-state index in [1.54, 1.807) is 0 Å². The Morgan fingerprint density at radius 3 is 1.67 bits per heavy atom. The van der Waals surface area contributed by atoms with Gasteiger partial charge in [0, 0.05) is 6.92 Å². The second-order valence-corrected chi connectivity index (χ2v) is 6.67. The molecule has 33 heavy (non-hydrogen) atoms. The second kappa shape index (κ2) is 14.7. The van der Waals surface area contributed by atoms with Crippen molar-refractivity contribution < 1.29 is 38.4 Å². The molecule has 16 heteroatoms. The van der Waals surface area contributed by atoms with Gasteiger partial charge in [-0.2, -0.15) is 0 Å². The first-order chi connectivity index (χ1) is 15.3. The van der Waals surface area contributed by atoms with Crippen LogP contribution in [-0.2, 0) is 38.4 Å². The second-order valence-electron chi connectivity index (χ2n) is 6.67. The molecule has 10 N–H and O–H groups in total. The van der Waals surface area contributed by atoms with Crippen molar-refractivity contribution in [3.63, 3.8) is 0 Å². The Morgan fingerprint density at radius 2 is 1.15 bits per heavy atom. The summed E-state index contributed by atoms with van der Waals surface area (Å²) >= 11 is 0. The highest BCUT2D eigenvalue weighted by atomic mass is 16.2. The van der Waals surface area contributed by atoms with E-state index < -0.39 is 85.4 Å². The summed E-state index contributed by atoms with van der Waals surface area (Å²) in [6.45, 7) is 0.653. The average Bonchev–Trinajstić information content (AvgIpc) is 2.71. The third-order valence-electron chi connectivity index (χ3n) is 3.64. The molecule has 0 aromatic carbocycles. The largest absolute Gasteiger partial charge is 0.370 e. The molecule has 0 radical (unpaired) electrons. The van der Waals surface area contributed by atoms with E-state index in [-0.39, 0.29) is 6.54 Å². The Balaban J connectivity index is 4.70. The first-order valence-electron chi connectivity index (χ1n) is 9.53. The molecule has 2 atom stereocenters. The van der Waals surface area contributed by atoms with E-state index >= 15 is 0 Å². The first kappa shape index (κ1) is 28.8. The van der Waals surface area contributed by atoms with Crippen molar-refractivity contribution in [2.75, 3.05) is 26.2 Å². The van der Waals surface area contributed by atoms with Gasteiger partial charge in [0.05, 0.1) is 32.6 Å². The zero-order valence-corrected chi connectivity index (χ0v) is 18.1. The van der Waals surface area contributed by atoms with Crippen molar-refractivity contribution >= 4 is 47.3 Å². The third-order valence-corrected chi connectivity index (χ3v) is 3.64. The van der Waals surface area contributed by atoms with Crippen LogP contribution in [-0.4, -0.2) is 85.5 Å². The number of primary amides is 2. The van der Waals surface area contributed by atoms with Gasteiger partial charge in [0.15, 0.2) is 0 Å². The summed E-state index contributed by atoms with van der Waals surface area (Å²) in [7, 11) is 0. The zero-order chi connectivity index (χ0) is 25.6. The first-order valence-corrected chi connectivity index (χ1v) is 9.53. The molecule has 0 unspecified atom stereocenters. The normalized spacial score (nSPS) is 11.7. The predicted octanol–water partition coefficient (Wildman–Crippen LogP) is -6.18. The van der Waals surface area contributed by atoms with Crippen LogP contribution in [0.5, 0.6) is 0 Å². The minimum atomic E-state index is -1.45. The van der Waals surface area contributed by atoms with Gasteiger partial charge in [-0.3, -0.25) is 38.4 Å². The fraction of sp³-hybridized carbons (Fsp3) is 0.529. The molecule has 0 aliphatic heterocycles. The number of nitrogens with one attached hydrogen (secondary N) is 6. The molecule has 0 bridgehead atoms. The lowest BCUT2D eigenvalue weighted by molar-refractivity contribution is -0.134. The van der Waals surface area contributed by atoms with Crippen LogP contribution in [0.4, 0.5) is 0 Å². The summed E-state index contributed by atoms with van der Waals surface area (Å²) in [6.07, 6.45) is -0.596. The van der Waals surface area contributed by atoms with Crippen molar-refractivity contribution in [2.24, 2.45) is 11.5 Å². The number of nitrogens with two attached hydrogens (primary N) is 2. The van der Waals surface area contributed by atoms with E-state index in [0.717, 1.165) is 0 Å². The van der Waals surface area contributed by atoms with Gasteiger partial charge in [-0.15, -0.1) is 0 Å². The summed E-state index contributed by atoms with van der Waals surface area (Å²) in [6, 6.07) is -2.62. The van der Waals surface area contributed by atoms with Crippen molar-refractivity contribution in [1.29, 1.82) is 0 Å². The van der Waals surface area contributed by atoms with Gasteiger partial charge < -0.3 is 43.4 Å². The van der Waals surface area contributed by atoms with Crippen LogP contribution in [0.1, 0.15) is 20.3 Å². The molecule has 16 nitrogen and oxygen atoms in total. The van der Waals surface area contributed by atoms with Gasteiger partial charge in [-0.25, -0.2) is 0 Å². The quantitative estimate of drug-likeness (QED) is 0.120. The molecule has 0 aliphatic carbocycles. The fourth-order valence-corrected chi connectivity index (χ4v) is 2.05. The Kier molecular flexibility index (Phi) is 12.8. The number of amides is 8. The fourth-order valence-electron chi connectivity index (χ4n) is 2.05. The molecule has 0 heterocycles. The maximum absolute atomic E-state index is 12.4. The molecule has 0 aliphatic rings. The molecule has 0 saturated heterocycles. The van der Waals surface area contributed by atoms with E-state index in [9.17, 15) is 38.4 Å². The molecular weight excluding hydrogens is 444 g/mol. The number of hydrogen-bond donors (Lipinski definition) is 8. The Morgan fingerprint density at radius 1 is 0.636 bits per heavy atom. The topological polar surface area (TPSA) is 261 Å². The van der Waals surface area contributed by atoms with E-state index in [4.69, 9.17) is 11.5 Å². The third kappa shape index (κ3) is 14.4. The monoisotopic (exact) mass is 472 g/mol. The maximum atomic E-state index is 12.4. The van der Waals surface area contributed by atoms with Crippen LogP contribution in [0.3, 0.4) is 0 Å². The summed E-state index contributed by atoms with van der Waals surface area (Å²) in [5.74, 6) is -6.03. The highest BCUT2D eigenvalue weighted by molar-refractivity contribution is 5.96. The van der Waals surface area contributed by atoms with Crippen LogP contribution in [0, 0.1) is 0 Å². The Hall–Kier alpha value is -4.24. The van der Waals surface area contributed by atoms with Gasteiger partial charge >= 0.3 is 0 Å². The lowest BCUT2D eigenvalue weighted by Gasteiger charge is -2.20. The molecule has 0 saturated carbocycles. The van der Waals surface area contributed by atoms with Crippen LogP contribution in [0.15, 0.2) is 0 Å². The van der Waals surface area contributed by atoms with Crippen molar-refractivity contribution in [2.45, 2.75) is 32.4 Å². The zero-order valence-electron chi connectivity index (χ0n) is 18.1. The van der Waals surface area contributed by atoms with Crippen LogP contribution < -0.4 is 43.4 Å². The van der Waals surface area contributed by atoms with Gasteiger partial charge in [0.25, 0.3) is 0 Å². The van der Waals surface area contributed by atoms with Crippen LogP contribution in [0.25, 0.3) is 0 Å². The molecule has 0 aromatic heterocycles. The van der Waals surface area contributed by atoms with Crippen LogP contribution in [0.2, 0.25) is 0 Å². The van der Waals surface area contributed by atoms with Gasteiger partial charge in [0.1, 0.15) is 12.1 Å². The lowest BCUT2D eigenvalue weighted by atomic mass is 10.1. The number of carbonyl (C=O) groups is 8. The predicted molar refractivity (Wildman–Crippen MR) is 110 cm³/mol. The van der Waals surface area contributed by atoms with Gasteiger partial charge in [-0.1, -0.05) is 0 Å². The summed E-state index contributed by atoms with van der Waals surface area (Å²) < 4.78 is 0. The van der Waals surface area contributed by atoms with Gasteiger partial charge in [-0.05, 0) is 6.92 Å². The highest BCUT2D eigenvalue weighted by Gasteiger charge is 2.26. The SMILES string of the molecule is CC(=O)NCC(=O)NCC(=O)N[C@@H](CC(N)=O)C(=O)N[C@@H](C)C(=O)NCC(=O)NCC(N)=O. The van der Waals surface area contributed by atoms with Crippen molar-refractivity contribution in [3.05, 3.63) is 0 Å². The summed E-state index contributed by atoms with van der Waals surface area (Å²) in [5.41, 5.74) is 9.95. The minimum Gasteiger partial charge on any atom is -0.370 e. The maximum Gasteiger partial charge on any atom is 0.243 e. The summed E-state index contributed by atoms with van der Waals surface area (Å²) in [5, 5.41) is 13.2. The standard InChI is InChI=1S/C17H28N8O8/c1-8(16(32)23-6-14(30)21-4-12(19)28)24-17(33)10(3-11(18)27)25-15(31)7-22-13(29)5-20-9(2)26/h8,10H,3-7H2,1-2H3,(H2,18,27)(H2,19,28)(H,20,26)(H,21,30)(H,22,29)(H,23,32)(H,24,33)(H,25,31)/t8-,10-/m0/s1. The minimum absolute atomic E-state index is 0.360. The number of rotatable bonds is 14. The van der Waals surface area contributed by atoms with E-state index in [1.807, 2.05) is 0 Å². The van der Waals surface area contributed by atoms with Gasteiger partial charge in [0.2, 0.25) is 47.3 Å². The number of carbonyl (C=O) groups excluding carboxylic acids is 8. The highest BCUT2D eigenvalue weighted by Crippen LogP contribution is 1.94. The smallest absolute Gasteiger partial charge is 0.243 e. The molecule has 0 spiro atoms. The van der Waals surface area contributed by atoms with Crippen LogP contribution >= 0.6 is 0 Å². The molecule has 8 amide bonds. The lowest BCUT2D eigenvalue weighted by Crippen LogP contribution is -2.55. The molecule has 0 aromatic rings. The van der Waals surface area contributed by atoms with E-state index in [1.165, 1.54) is 13.8 Å². The van der Waals surface area contributed by atoms with Crippen molar-refractivity contribution in [3.8, 4) is 0 Å². The van der Waals surface area contributed by atoms with Crippen molar-refractivity contribution in [1.82, 2.24) is 31.9 Å². The number of hydrogen-bond acceptors (Lipinski definition) is 8. The molecule has 184 valence electrons.